The Morgan fingerprint density at radius 3 is 3.12 bits per heavy atom. The van der Waals surface area contributed by atoms with Crippen LogP contribution in [0.1, 0.15) is 24.7 Å². The lowest BCUT2D eigenvalue weighted by atomic mass is 10.2. The van der Waals surface area contributed by atoms with E-state index in [2.05, 4.69) is 15.4 Å². The highest BCUT2D eigenvalue weighted by Crippen LogP contribution is 2.18. The monoisotopic (exact) mass is 222 g/mol. The minimum atomic E-state index is -0.514. The van der Waals surface area contributed by atoms with Crippen molar-refractivity contribution in [3.63, 3.8) is 0 Å². The highest BCUT2D eigenvalue weighted by molar-refractivity contribution is 5.43. The highest BCUT2D eigenvalue weighted by atomic mass is 19.1. The molecule has 0 spiro atoms. The van der Waals surface area contributed by atoms with Crippen LogP contribution in [0.3, 0.4) is 0 Å². The second-order valence-electron chi connectivity index (χ2n) is 3.94. The van der Waals surface area contributed by atoms with E-state index in [9.17, 15) is 9.18 Å². The van der Waals surface area contributed by atoms with Crippen molar-refractivity contribution in [1.82, 2.24) is 19.9 Å². The Hall–Kier alpha value is -1.69. The van der Waals surface area contributed by atoms with E-state index in [4.69, 9.17) is 0 Å². The Kier molecular flexibility index (Phi) is 2.03. The van der Waals surface area contributed by atoms with Crippen LogP contribution in [0.25, 0.3) is 5.52 Å². The molecular formula is C10H11FN4O. The minimum Gasteiger partial charge on any atom is -0.307 e. The van der Waals surface area contributed by atoms with Crippen LogP contribution in [0, 0.1) is 5.95 Å². The van der Waals surface area contributed by atoms with Gasteiger partial charge in [-0.25, -0.2) is 0 Å². The van der Waals surface area contributed by atoms with Crippen LogP contribution in [0.5, 0.6) is 0 Å². The zero-order valence-corrected chi connectivity index (χ0v) is 8.53. The maximum absolute atomic E-state index is 13.3. The zero-order chi connectivity index (χ0) is 11.1. The summed E-state index contributed by atoms with van der Waals surface area (Å²) in [5.74, 6) is -0.00885. The molecule has 84 valence electrons. The summed E-state index contributed by atoms with van der Waals surface area (Å²) in [5, 5.41) is 7.31. The molecule has 0 radical (unpaired) electrons. The lowest BCUT2D eigenvalue weighted by Gasteiger charge is -2.08. The number of fused-ring (bicyclic) bond motifs is 1. The Bertz CT molecular complexity index is 582. The molecule has 3 heterocycles. The lowest BCUT2D eigenvalue weighted by Crippen LogP contribution is -2.23. The quantitative estimate of drug-likeness (QED) is 0.742. The van der Waals surface area contributed by atoms with Crippen molar-refractivity contribution >= 4 is 5.52 Å². The van der Waals surface area contributed by atoms with Gasteiger partial charge in [0.15, 0.2) is 0 Å². The van der Waals surface area contributed by atoms with E-state index in [0.717, 1.165) is 23.9 Å². The molecule has 16 heavy (non-hydrogen) atoms. The molecule has 2 aromatic heterocycles. The van der Waals surface area contributed by atoms with E-state index < -0.39 is 5.95 Å². The summed E-state index contributed by atoms with van der Waals surface area (Å²) in [7, 11) is 0. The van der Waals surface area contributed by atoms with Crippen molar-refractivity contribution in [2.24, 2.45) is 0 Å². The van der Waals surface area contributed by atoms with Crippen molar-refractivity contribution in [2.75, 3.05) is 6.54 Å². The fourth-order valence-corrected chi connectivity index (χ4v) is 2.07. The molecule has 1 aliphatic rings. The Labute approximate surface area is 90.3 Å². The maximum atomic E-state index is 13.3. The van der Waals surface area contributed by atoms with E-state index >= 15 is 0 Å². The summed E-state index contributed by atoms with van der Waals surface area (Å²) >= 11 is 0. The molecule has 1 aliphatic heterocycles. The molecule has 3 rings (SSSR count). The summed E-state index contributed by atoms with van der Waals surface area (Å²) in [4.78, 5) is 14.3. The standard InChI is InChI=1S/C10H11FN4O/c11-8-4-3-7-10(16)13-9(14-15(7)8)6-2-1-5-12-6/h3-4,6,12H,1-2,5H2,(H,13,14,16)/t6-/m0/s1. The fraction of sp³-hybridized carbons (Fsp3) is 0.400. The lowest BCUT2D eigenvalue weighted by molar-refractivity contribution is 0.520. The number of aromatic nitrogens is 3. The molecule has 0 amide bonds. The maximum Gasteiger partial charge on any atom is 0.275 e. The average molecular weight is 222 g/mol. The normalized spacial score (nSPS) is 20.7. The van der Waals surface area contributed by atoms with Crippen LogP contribution in [0.15, 0.2) is 16.9 Å². The molecule has 0 saturated carbocycles. The van der Waals surface area contributed by atoms with Gasteiger partial charge in [-0.15, -0.1) is 0 Å². The van der Waals surface area contributed by atoms with E-state index in [-0.39, 0.29) is 17.1 Å². The second kappa shape index (κ2) is 3.41. The van der Waals surface area contributed by atoms with Gasteiger partial charge in [0.2, 0.25) is 5.95 Å². The number of aromatic amines is 1. The zero-order valence-electron chi connectivity index (χ0n) is 8.53. The average Bonchev–Trinajstić information content (AvgIpc) is 2.88. The second-order valence-corrected chi connectivity index (χ2v) is 3.94. The Balaban J connectivity index is 2.19. The number of nitrogens with one attached hydrogen (secondary N) is 2. The number of hydrogen-bond donors (Lipinski definition) is 2. The van der Waals surface area contributed by atoms with Crippen LogP contribution >= 0.6 is 0 Å². The van der Waals surface area contributed by atoms with Crippen molar-refractivity contribution in [2.45, 2.75) is 18.9 Å². The molecule has 1 fully saturated rings. The smallest absolute Gasteiger partial charge is 0.275 e. The van der Waals surface area contributed by atoms with Crippen molar-refractivity contribution in [3.8, 4) is 0 Å². The Morgan fingerprint density at radius 1 is 1.50 bits per heavy atom. The van der Waals surface area contributed by atoms with Crippen molar-refractivity contribution in [1.29, 1.82) is 0 Å². The van der Waals surface area contributed by atoms with Crippen LogP contribution in [0.4, 0.5) is 4.39 Å². The summed E-state index contributed by atoms with van der Waals surface area (Å²) < 4.78 is 14.4. The molecule has 0 aromatic carbocycles. The topological polar surface area (TPSA) is 62.2 Å². The van der Waals surface area contributed by atoms with E-state index in [1.54, 1.807) is 0 Å². The molecule has 6 heteroatoms. The Morgan fingerprint density at radius 2 is 2.38 bits per heavy atom. The predicted octanol–water partition coefficient (Wildman–Crippen LogP) is 0.586. The number of halogens is 1. The molecule has 2 aromatic rings. The largest absolute Gasteiger partial charge is 0.307 e. The van der Waals surface area contributed by atoms with Gasteiger partial charge in [-0.3, -0.25) is 4.79 Å². The number of nitrogens with zero attached hydrogens (tertiary/aromatic N) is 2. The third-order valence-corrected chi connectivity index (χ3v) is 2.88. The minimum absolute atomic E-state index is 0.0268. The molecule has 0 unspecified atom stereocenters. The van der Waals surface area contributed by atoms with Gasteiger partial charge in [0.05, 0.1) is 6.04 Å². The first-order valence-corrected chi connectivity index (χ1v) is 5.26. The van der Waals surface area contributed by atoms with Crippen LogP contribution in [-0.2, 0) is 0 Å². The van der Waals surface area contributed by atoms with Gasteiger partial charge in [-0.05, 0) is 31.5 Å². The van der Waals surface area contributed by atoms with Gasteiger partial charge in [-0.1, -0.05) is 0 Å². The van der Waals surface area contributed by atoms with E-state index in [1.165, 1.54) is 12.1 Å². The third-order valence-electron chi connectivity index (χ3n) is 2.88. The fourth-order valence-electron chi connectivity index (χ4n) is 2.07. The molecule has 2 N–H and O–H groups in total. The predicted molar refractivity (Wildman–Crippen MR) is 55.7 cm³/mol. The van der Waals surface area contributed by atoms with Crippen LogP contribution < -0.4 is 10.9 Å². The summed E-state index contributed by atoms with van der Waals surface area (Å²) in [5.41, 5.74) is -0.0677. The third kappa shape index (κ3) is 1.34. The molecule has 0 aliphatic carbocycles. The van der Waals surface area contributed by atoms with Gasteiger partial charge in [0.25, 0.3) is 5.56 Å². The first kappa shape index (κ1) is 9.53. The molecule has 5 nitrogen and oxygen atoms in total. The molecular weight excluding hydrogens is 211 g/mol. The number of hydrogen-bond acceptors (Lipinski definition) is 3. The number of rotatable bonds is 1. The number of H-pyrrole nitrogens is 1. The first-order valence-electron chi connectivity index (χ1n) is 5.26. The van der Waals surface area contributed by atoms with Crippen molar-refractivity contribution < 1.29 is 4.39 Å². The van der Waals surface area contributed by atoms with Crippen LogP contribution in [0.2, 0.25) is 0 Å². The van der Waals surface area contributed by atoms with E-state index in [0.29, 0.717) is 5.82 Å². The molecule has 1 saturated heterocycles. The van der Waals surface area contributed by atoms with Gasteiger partial charge in [-0.2, -0.15) is 14.0 Å². The van der Waals surface area contributed by atoms with Gasteiger partial charge < -0.3 is 10.3 Å². The van der Waals surface area contributed by atoms with E-state index in [1.807, 2.05) is 0 Å². The summed E-state index contributed by atoms with van der Waals surface area (Å²) in [6, 6.07) is 2.69. The SMILES string of the molecule is O=c1[nH]c([C@@H]2CCCN2)nn2c(F)ccc12. The van der Waals surface area contributed by atoms with Gasteiger partial charge in [0, 0.05) is 0 Å². The molecule has 1 atom stereocenters. The van der Waals surface area contributed by atoms with Gasteiger partial charge in [0.1, 0.15) is 11.3 Å². The molecule has 0 bridgehead atoms. The first-order chi connectivity index (χ1) is 7.75. The summed E-state index contributed by atoms with van der Waals surface area (Å²) in [6.45, 7) is 0.903. The summed E-state index contributed by atoms with van der Waals surface area (Å²) in [6.07, 6.45) is 1.96. The van der Waals surface area contributed by atoms with Crippen molar-refractivity contribution in [3.05, 3.63) is 34.3 Å². The van der Waals surface area contributed by atoms with Gasteiger partial charge >= 0.3 is 0 Å². The highest BCUT2D eigenvalue weighted by Gasteiger charge is 2.20. The van der Waals surface area contributed by atoms with Crippen LogP contribution in [-0.4, -0.2) is 21.1 Å².